The quantitative estimate of drug-likeness (QED) is 0.709. The van der Waals surface area contributed by atoms with Gasteiger partial charge >= 0.3 is 0 Å². The smallest absolute Gasteiger partial charge is 0.290 e. The molecule has 0 atom stereocenters. The van der Waals surface area contributed by atoms with Gasteiger partial charge in [0.25, 0.3) is 5.91 Å². The highest BCUT2D eigenvalue weighted by Gasteiger charge is 2.12. The number of halogens is 1. The van der Waals surface area contributed by atoms with Gasteiger partial charge in [-0.2, -0.15) is 4.57 Å². The van der Waals surface area contributed by atoms with Gasteiger partial charge in [-0.15, -0.1) is 0 Å². The van der Waals surface area contributed by atoms with Crippen LogP contribution in [-0.2, 0) is 11.3 Å². The average molecular weight is 293 g/mol. The molecule has 0 saturated heterocycles. The lowest BCUT2D eigenvalue weighted by Crippen LogP contribution is -3.00. The second kappa shape index (κ2) is 6.91. The Bertz CT molecular complexity index is 594. The number of para-hydroxylation sites is 1. The van der Waals surface area contributed by atoms with E-state index >= 15 is 0 Å². The fourth-order valence-corrected chi connectivity index (χ4v) is 1.96. The van der Waals surface area contributed by atoms with Crippen LogP contribution in [0.2, 0.25) is 0 Å². The van der Waals surface area contributed by atoms with Crippen molar-refractivity contribution in [2.45, 2.75) is 20.4 Å². The summed E-state index contributed by atoms with van der Waals surface area (Å²) >= 11 is 0. The zero-order valence-electron chi connectivity index (χ0n) is 11.4. The number of aryl methyl sites for hydroxylation is 2. The van der Waals surface area contributed by atoms with Crippen LogP contribution < -0.4 is 22.3 Å². The minimum atomic E-state index is -0.118. The van der Waals surface area contributed by atoms with Crippen molar-refractivity contribution in [2.24, 2.45) is 0 Å². The number of aromatic hydroxyl groups is 1. The minimum Gasteiger partial charge on any atom is -1.00 e. The Morgan fingerprint density at radius 2 is 1.85 bits per heavy atom. The fraction of sp³-hybridized carbons (Fsp3) is 0.200. The van der Waals surface area contributed by atoms with Crippen molar-refractivity contribution in [2.75, 3.05) is 5.32 Å². The molecule has 0 bridgehead atoms. The molecule has 0 aliphatic heterocycles. The third kappa shape index (κ3) is 3.96. The molecule has 106 valence electrons. The highest BCUT2D eigenvalue weighted by atomic mass is 35.5. The standard InChI is InChI=1S/C15H16N2O2.ClH/c1-11-5-3-6-12(2)15(11)16-14(19)10-17-8-4-7-13(18)9-17;/h3-9H,10H2,1-2H3,(H-,16,18,19);1H. The second-order valence-corrected chi connectivity index (χ2v) is 4.55. The third-order valence-corrected chi connectivity index (χ3v) is 2.91. The number of anilines is 1. The Morgan fingerprint density at radius 1 is 1.20 bits per heavy atom. The van der Waals surface area contributed by atoms with Crippen LogP contribution in [-0.4, -0.2) is 11.0 Å². The number of amides is 1. The number of benzene rings is 1. The van der Waals surface area contributed by atoms with Crippen molar-refractivity contribution in [3.63, 3.8) is 0 Å². The van der Waals surface area contributed by atoms with Crippen molar-refractivity contribution < 1.29 is 26.9 Å². The van der Waals surface area contributed by atoms with E-state index in [0.717, 1.165) is 16.8 Å². The largest absolute Gasteiger partial charge is 1.00 e. The number of nitrogens with zero attached hydrogens (tertiary/aromatic N) is 1. The van der Waals surface area contributed by atoms with E-state index in [9.17, 15) is 9.90 Å². The van der Waals surface area contributed by atoms with Gasteiger partial charge in [-0.3, -0.25) is 4.79 Å². The van der Waals surface area contributed by atoms with Crippen molar-refractivity contribution in [1.82, 2.24) is 0 Å². The van der Waals surface area contributed by atoms with Crippen LogP contribution in [0.1, 0.15) is 11.1 Å². The molecular weight excluding hydrogens is 276 g/mol. The minimum absolute atomic E-state index is 0. The lowest BCUT2D eigenvalue weighted by atomic mass is 10.1. The van der Waals surface area contributed by atoms with Gasteiger partial charge in [0.1, 0.15) is 0 Å². The lowest BCUT2D eigenvalue weighted by Gasteiger charge is -2.10. The van der Waals surface area contributed by atoms with Gasteiger partial charge in [0, 0.05) is 11.8 Å². The number of hydrogen-bond donors (Lipinski definition) is 2. The van der Waals surface area contributed by atoms with E-state index in [1.165, 1.54) is 6.20 Å². The number of aromatic nitrogens is 1. The molecule has 20 heavy (non-hydrogen) atoms. The van der Waals surface area contributed by atoms with E-state index in [1.54, 1.807) is 22.9 Å². The summed E-state index contributed by atoms with van der Waals surface area (Å²) in [5.74, 6) is 0.0235. The Labute approximate surface area is 124 Å². The van der Waals surface area contributed by atoms with E-state index in [2.05, 4.69) is 5.32 Å². The van der Waals surface area contributed by atoms with Crippen LogP contribution in [0.15, 0.2) is 42.7 Å². The molecular formula is C15H17ClN2O2. The van der Waals surface area contributed by atoms with Gasteiger partial charge in [0.15, 0.2) is 11.9 Å². The molecule has 2 rings (SSSR count). The first-order chi connectivity index (χ1) is 9.06. The Balaban J connectivity index is 0.00000200. The summed E-state index contributed by atoms with van der Waals surface area (Å²) in [6.07, 6.45) is 3.26. The third-order valence-electron chi connectivity index (χ3n) is 2.91. The summed E-state index contributed by atoms with van der Waals surface area (Å²) in [5.41, 5.74) is 2.93. The molecule has 1 aromatic carbocycles. The van der Waals surface area contributed by atoms with Crippen molar-refractivity contribution in [3.05, 3.63) is 53.9 Å². The molecule has 2 N–H and O–H groups in total. The first-order valence-electron chi connectivity index (χ1n) is 6.10. The summed E-state index contributed by atoms with van der Waals surface area (Å²) in [5, 5.41) is 12.3. The summed E-state index contributed by atoms with van der Waals surface area (Å²) in [6.45, 7) is 4.09. The number of carbonyl (C=O) groups is 1. The number of rotatable bonds is 3. The lowest BCUT2D eigenvalue weighted by molar-refractivity contribution is -0.684. The molecule has 1 aromatic heterocycles. The molecule has 1 heterocycles. The predicted molar refractivity (Wildman–Crippen MR) is 72.8 cm³/mol. The van der Waals surface area contributed by atoms with Crippen LogP contribution >= 0.6 is 0 Å². The number of nitrogens with one attached hydrogen (secondary N) is 1. The van der Waals surface area contributed by atoms with Crippen molar-refractivity contribution in [1.29, 1.82) is 0 Å². The Kier molecular flexibility index (Phi) is 5.53. The van der Waals surface area contributed by atoms with Gasteiger partial charge in [0.2, 0.25) is 12.7 Å². The van der Waals surface area contributed by atoms with Crippen LogP contribution in [0.25, 0.3) is 0 Å². The van der Waals surface area contributed by atoms with Crippen LogP contribution in [0.4, 0.5) is 5.69 Å². The molecule has 2 aromatic rings. The molecule has 0 fully saturated rings. The molecule has 4 nitrogen and oxygen atoms in total. The SMILES string of the molecule is Cc1cccc(C)c1NC(=O)C[n+]1cccc(O)c1.[Cl-]. The van der Waals surface area contributed by atoms with Gasteiger partial charge in [-0.05, 0) is 31.0 Å². The zero-order chi connectivity index (χ0) is 13.8. The van der Waals surface area contributed by atoms with Crippen LogP contribution in [0.3, 0.4) is 0 Å². The van der Waals surface area contributed by atoms with E-state index < -0.39 is 0 Å². The van der Waals surface area contributed by atoms with Crippen LogP contribution in [0, 0.1) is 13.8 Å². The molecule has 0 aliphatic carbocycles. The van der Waals surface area contributed by atoms with Crippen molar-refractivity contribution in [3.8, 4) is 5.75 Å². The maximum atomic E-state index is 12.0. The van der Waals surface area contributed by atoms with Crippen LogP contribution in [0.5, 0.6) is 5.75 Å². The topological polar surface area (TPSA) is 53.2 Å². The molecule has 0 radical (unpaired) electrons. The maximum absolute atomic E-state index is 12.0. The molecule has 0 spiro atoms. The molecule has 0 aliphatic rings. The summed E-state index contributed by atoms with van der Waals surface area (Å²) in [6, 6.07) is 9.15. The van der Waals surface area contributed by atoms with E-state index in [4.69, 9.17) is 0 Å². The average Bonchev–Trinajstić information content (AvgIpc) is 2.34. The second-order valence-electron chi connectivity index (χ2n) is 4.55. The summed E-state index contributed by atoms with van der Waals surface area (Å²) in [7, 11) is 0. The Morgan fingerprint density at radius 3 is 2.45 bits per heavy atom. The first kappa shape index (κ1) is 16.0. The molecule has 5 heteroatoms. The summed E-state index contributed by atoms with van der Waals surface area (Å²) in [4.78, 5) is 12.0. The normalized spacial score (nSPS) is 9.70. The van der Waals surface area contributed by atoms with Gasteiger partial charge in [-0.25, -0.2) is 0 Å². The summed E-state index contributed by atoms with van der Waals surface area (Å²) < 4.78 is 1.64. The zero-order valence-corrected chi connectivity index (χ0v) is 12.2. The molecule has 0 saturated carbocycles. The monoisotopic (exact) mass is 292 g/mol. The number of hydrogen-bond acceptors (Lipinski definition) is 2. The Hall–Kier alpha value is -2.07. The predicted octanol–water partition coefficient (Wildman–Crippen LogP) is -1.06. The molecule has 1 amide bonds. The number of pyridine rings is 1. The van der Waals surface area contributed by atoms with E-state index in [0.29, 0.717) is 0 Å². The van der Waals surface area contributed by atoms with Gasteiger partial charge in [0.05, 0.1) is 0 Å². The fourth-order valence-electron chi connectivity index (χ4n) is 1.96. The number of carbonyl (C=O) groups excluding carboxylic acids is 1. The van der Waals surface area contributed by atoms with Gasteiger partial charge in [-0.1, -0.05) is 18.2 Å². The first-order valence-corrected chi connectivity index (χ1v) is 6.10. The van der Waals surface area contributed by atoms with Gasteiger partial charge < -0.3 is 22.8 Å². The van der Waals surface area contributed by atoms with Crippen molar-refractivity contribution >= 4 is 11.6 Å². The van der Waals surface area contributed by atoms with E-state index in [1.807, 2.05) is 32.0 Å². The highest BCUT2D eigenvalue weighted by molar-refractivity contribution is 5.91. The maximum Gasteiger partial charge on any atom is 0.290 e. The highest BCUT2D eigenvalue weighted by Crippen LogP contribution is 2.19. The molecule has 0 unspecified atom stereocenters. The van der Waals surface area contributed by atoms with E-state index in [-0.39, 0.29) is 30.6 Å².